The van der Waals surface area contributed by atoms with E-state index in [-0.39, 0.29) is 36.1 Å². The number of carbonyl (C=O) groups is 3. The molecule has 45 heavy (non-hydrogen) atoms. The standard InChI is InChI=1S/C38H56N2O5/c1-6-8-9-10-11-12-16-19-34(42)45-23-21-38(4,5)37(44)40-27(3)30(7-2)35-32(40)24-29-20-22-39(25-31(29)36(35)43)26-33(41)28-17-14-13-15-18-28/h13-15,17-18,29,31,33,41H,6-12,16,19-26H2,1-5H3/t29-,31+,33?/m0/s1. The molecule has 0 radical (unpaired) electrons. The largest absolute Gasteiger partial charge is 0.466 e. The van der Waals surface area contributed by atoms with E-state index in [1.54, 1.807) is 0 Å². The molecular formula is C38H56N2O5. The van der Waals surface area contributed by atoms with Crippen molar-refractivity contribution >= 4 is 17.7 Å². The maximum Gasteiger partial charge on any atom is 0.305 e. The molecule has 1 unspecified atom stereocenters. The van der Waals surface area contributed by atoms with Crippen LogP contribution in [0.1, 0.15) is 136 Å². The molecule has 1 aromatic carbocycles. The number of hydrogen-bond acceptors (Lipinski definition) is 6. The Morgan fingerprint density at radius 1 is 1.04 bits per heavy atom. The summed E-state index contributed by atoms with van der Waals surface area (Å²) in [5.41, 5.74) is 3.58. The molecule has 248 valence electrons. The molecule has 1 aromatic heterocycles. The highest BCUT2D eigenvalue weighted by Crippen LogP contribution is 2.41. The van der Waals surface area contributed by atoms with Gasteiger partial charge in [-0.1, -0.05) is 96.6 Å². The van der Waals surface area contributed by atoms with E-state index in [9.17, 15) is 19.5 Å². The summed E-state index contributed by atoms with van der Waals surface area (Å²) in [6, 6.07) is 9.69. The zero-order valence-electron chi connectivity index (χ0n) is 28.4. The molecule has 7 nitrogen and oxygen atoms in total. The van der Waals surface area contributed by atoms with Crippen molar-refractivity contribution < 1.29 is 24.2 Å². The number of benzene rings is 1. The molecule has 1 aliphatic heterocycles. The number of likely N-dealkylation sites (tertiary alicyclic amines) is 1. The highest BCUT2D eigenvalue weighted by Gasteiger charge is 2.44. The summed E-state index contributed by atoms with van der Waals surface area (Å²) in [6.07, 6.45) is 10.6. The number of piperidine rings is 1. The monoisotopic (exact) mass is 620 g/mol. The number of fused-ring (bicyclic) bond motifs is 2. The number of ether oxygens (including phenoxy) is 1. The van der Waals surface area contributed by atoms with Crippen LogP contribution in [-0.2, 0) is 22.4 Å². The number of Topliss-reactive ketones (excluding diaryl/α,β-unsaturated/α-hetero) is 1. The van der Waals surface area contributed by atoms with Crippen molar-refractivity contribution in [3.63, 3.8) is 0 Å². The third-order valence-corrected chi connectivity index (χ3v) is 10.2. The van der Waals surface area contributed by atoms with Gasteiger partial charge in [0.2, 0.25) is 5.91 Å². The molecule has 1 N–H and O–H groups in total. The normalized spacial score (nSPS) is 19.2. The summed E-state index contributed by atoms with van der Waals surface area (Å²) in [7, 11) is 0. The minimum atomic E-state index is -0.751. The number of aliphatic hydroxyl groups is 1. The first-order valence-electron chi connectivity index (χ1n) is 17.5. The van der Waals surface area contributed by atoms with Crippen LogP contribution in [0.5, 0.6) is 0 Å². The van der Waals surface area contributed by atoms with Gasteiger partial charge >= 0.3 is 5.97 Å². The van der Waals surface area contributed by atoms with Gasteiger partial charge in [0, 0.05) is 47.8 Å². The molecule has 2 aliphatic rings. The minimum absolute atomic E-state index is 0.0336. The lowest BCUT2D eigenvalue weighted by molar-refractivity contribution is -0.144. The highest BCUT2D eigenvalue weighted by atomic mass is 16.5. The van der Waals surface area contributed by atoms with Gasteiger partial charge in [0.15, 0.2) is 5.78 Å². The number of rotatable bonds is 16. The van der Waals surface area contributed by atoms with E-state index in [2.05, 4.69) is 18.7 Å². The van der Waals surface area contributed by atoms with Crippen LogP contribution in [0, 0.1) is 24.2 Å². The van der Waals surface area contributed by atoms with E-state index in [1.165, 1.54) is 25.7 Å². The summed E-state index contributed by atoms with van der Waals surface area (Å²) in [5.74, 6) is -0.0311. The summed E-state index contributed by atoms with van der Waals surface area (Å²) in [6.45, 7) is 12.2. The highest BCUT2D eigenvalue weighted by molar-refractivity contribution is 6.04. The zero-order chi connectivity index (χ0) is 32.6. The van der Waals surface area contributed by atoms with Gasteiger partial charge in [0.05, 0.1) is 12.7 Å². The van der Waals surface area contributed by atoms with Crippen LogP contribution in [0.2, 0.25) is 0 Å². The molecule has 1 fully saturated rings. The van der Waals surface area contributed by atoms with E-state index >= 15 is 0 Å². The Morgan fingerprint density at radius 2 is 1.73 bits per heavy atom. The number of unbranched alkanes of at least 4 members (excludes halogenated alkanes) is 6. The van der Waals surface area contributed by atoms with Crippen molar-refractivity contribution in [1.82, 2.24) is 9.47 Å². The Labute approximate surface area is 270 Å². The average Bonchev–Trinajstić information content (AvgIpc) is 3.31. The lowest BCUT2D eigenvalue weighted by Gasteiger charge is -2.41. The number of hydrogen-bond donors (Lipinski definition) is 1. The van der Waals surface area contributed by atoms with Gasteiger partial charge in [-0.05, 0) is 62.6 Å². The lowest BCUT2D eigenvalue weighted by atomic mass is 9.72. The number of aromatic nitrogens is 1. The van der Waals surface area contributed by atoms with Gasteiger partial charge in [-0.3, -0.25) is 23.9 Å². The topological polar surface area (TPSA) is 88.8 Å². The maximum absolute atomic E-state index is 14.1. The second-order valence-electron chi connectivity index (χ2n) is 14.0. The second-order valence-corrected chi connectivity index (χ2v) is 14.0. The van der Waals surface area contributed by atoms with Crippen LogP contribution < -0.4 is 0 Å². The fourth-order valence-corrected chi connectivity index (χ4v) is 7.36. The number of ketones is 1. The van der Waals surface area contributed by atoms with Crippen molar-refractivity contribution in [1.29, 1.82) is 0 Å². The third-order valence-electron chi connectivity index (χ3n) is 10.2. The Morgan fingerprint density at radius 3 is 2.42 bits per heavy atom. The summed E-state index contributed by atoms with van der Waals surface area (Å²) < 4.78 is 7.38. The number of aliphatic hydroxyl groups excluding tert-OH is 1. The molecule has 7 heteroatoms. The predicted molar refractivity (Wildman–Crippen MR) is 179 cm³/mol. The van der Waals surface area contributed by atoms with Crippen molar-refractivity contribution in [2.24, 2.45) is 17.3 Å². The molecule has 4 rings (SSSR count). The Hall–Kier alpha value is -2.77. The van der Waals surface area contributed by atoms with Crippen LogP contribution in [-0.4, -0.2) is 58.5 Å². The molecule has 3 atom stereocenters. The smallest absolute Gasteiger partial charge is 0.305 e. The lowest BCUT2D eigenvalue weighted by Crippen LogP contribution is -2.48. The molecule has 0 spiro atoms. The van der Waals surface area contributed by atoms with E-state index in [1.807, 2.05) is 55.7 Å². The van der Waals surface area contributed by atoms with Gasteiger partial charge < -0.3 is 9.84 Å². The van der Waals surface area contributed by atoms with Crippen molar-refractivity contribution in [3.05, 3.63) is 58.4 Å². The first kappa shape index (κ1) is 35.1. The van der Waals surface area contributed by atoms with E-state index in [0.29, 0.717) is 38.8 Å². The van der Waals surface area contributed by atoms with Crippen molar-refractivity contribution in [3.8, 4) is 0 Å². The van der Waals surface area contributed by atoms with Crippen LogP contribution in [0.4, 0.5) is 0 Å². The van der Waals surface area contributed by atoms with Gasteiger partial charge in [-0.2, -0.15) is 0 Å². The first-order valence-corrected chi connectivity index (χ1v) is 17.5. The fourth-order valence-electron chi connectivity index (χ4n) is 7.36. The Kier molecular flexibility index (Phi) is 12.6. The molecule has 0 bridgehead atoms. The Bertz CT molecular complexity index is 1300. The molecule has 1 saturated heterocycles. The van der Waals surface area contributed by atoms with Crippen LogP contribution >= 0.6 is 0 Å². The van der Waals surface area contributed by atoms with Crippen molar-refractivity contribution in [2.75, 3.05) is 26.2 Å². The molecular weight excluding hydrogens is 564 g/mol. The first-order chi connectivity index (χ1) is 21.6. The summed E-state index contributed by atoms with van der Waals surface area (Å²) >= 11 is 0. The summed E-state index contributed by atoms with van der Waals surface area (Å²) in [4.78, 5) is 42.8. The predicted octanol–water partition coefficient (Wildman–Crippen LogP) is 7.51. The van der Waals surface area contributed by atoms with Crippen LogP contribution in [0.3, 0.4) is 0 Å². The number of carbonyl (C=O) groups excluding carboxylic acids is 3. The maximum atomic E-state index is 14.1. The zero-order valence-corrected chi connectivity index (χ0v) is 28.4. The van der Waals surface area contributed by atoms with Crippen LogP contribution in [0.15, 0.2) is 30.3 Å². The SMILES string of the molecule is CCCCCCCCCC(=O)OCCC(C)(C)C(=O)n1c(C)c(CC)c2c1C[C@@H]1CCN(CC(O)c3ccccc3)C[C@H]1C2=O. The summed E-state index contributed by atoms with van der Waals surface area (Å²) in [5, 5.41) is 10.8. The minimum Gasteiger partial charge on any atom is -0.466 e. The van der Waals surface area contributed by atoms with Gasteiger partial charge in [-0.15, -0.1) is 0 Å². The molecule has 2 heterocycles. The average molecular weight is 621 g/mol. The van der Waals surface area contributed by atoms with Gasteiger partial charge in [0.25, 0.3) is 0 Å². The molecule has 1 aliphatic carbocycles. The van der Waals surface area contributed by atoms with Crippen molar-refractivity contribution in [2.45, 2.75) is 118 Å². The third kappa shape index (κ3) is 8.53. The number of esters is 1. The Balaban J connectivity index is 1.38. The molecule has 2 aromatic rings. The second kappa shape index (κ2) is 16.2. The van der Waals surface area contributed by atoms with Gasteiger partial charge in [-0.25, -0.2) is 0 Å². The van der Waals surface area contributed by atoms with E-state index in [0.717, 1.165) is 60.3 Å². The van der Waals surface area contributed by atoms with E-state index in [4.69, 9.17) is 4.74 Å². The van der Waals surface area contributed by atoms with Gasteiger partial charge in [0.1, 0.15) is 0 Å². The quantitative estimate of drug-likeness (QED) is 0.154. The number of β-amino-alcohol motifs (C(OH)–C–C–N with tert-alkyl or cyclic N) is 1. The molecule has 0 amide bonds. The fraction of sp³-hybridized carbons (Fsp3) is 0.658. The molecule has 0 saturated carbocycles. The van der Waals surface area contributed by atoms with Crippen LogP contribution in [0.25, 0.3) is 0 Å². The number of nitrogens with zero attached hydrogens (tertiary/aromatic N) is 2. The van der Waals surface area contributed by atoms with E-state index < -0.39 is 11.5 Å².